The van der Waals surface area contributed by atoms with E-state index >= 15 is 0 Å². The molecule has 0 spiro atoms. The molecule has 3 nitrogen and oxygen atoms in total. The molecule has 0 saturated heterocycles. The molecule has 1 rings (SSSR count). The number of ether oxygens (including phenoxy) is 1. The third kappa shape index (κ3) is 3.93. The van der Waals surface area contributed by atoms with E-state index in [0.717, 1.165) is 13.0 Å². The van der Waals surface area contributed by atoms with Gasteiger partial charge in [0.1, 0.15) is 0 Å². The third-order valence-corrected chi connectivity index (χ3v) is 2.81. The molecular formula is C13H22N2O. The Bertz CT molecular complexity index is 326. The van der Waals surface area contributed by atoms with Crippen molar-refractivity contribution in [2.75, 3.05) is 13.2 Å². The highest BCUT2D eigenvalue weighted by molar-refractivity contribution is 5.30. The van der Waals surface area contributed by atoms with E-state index in [2.05, 4.69) is 37.5 Å². The van der Waals surface area contributed by atoms with Gasteiger partial charge in [0, 0.05) is 12.6 Å². The normalized spacial score (nSPS) is 12.8. The van der Waals surface area contributed by atoms with Gasteiger partial charge in [-0.2, -0.15) is 0 Å². The minimum atomic E-state index is 0.182. The van der Waals surface area contributed by atoms with Crippen LogP contribution in [0.1, 0.15) is 23.6 Å². The summed E-state index contributed by atoms with van der Waals surface area (Å²) >= 11 is 0. The van der Waals surface area contributed by atoms with Gasteiger partial charge >= 0.3 is 0 Å². The quantitative estimate of drug-likeness (QED) is 0.569. The molecule has 1 aromatic rings. The minimum Gasteiger partial charge on any atom is -0.380 e. The number of hydrogen-bond acceptors (Lipinski definition) is 3. The molecule has 3 heteroatoms. The molecule has 0 bridgehead atoms. The molecule has 1 unspecified atom stereocenters. The molecule has 0 saturated carbocycles. The molecule has 0 aromatic heterocycles. The van der Waals surface area contributed by atoms with Crippen molar-refractivity contribution in [1.29, 1.82) is 0 Å². The van der Waals surface area contributed by atoms with Gasteiger partial charge in [-0.05, 0) is 43.9 Å². The van der Waals surface area contributed by atoms with E-state index in [4.69, 9.17) is 10.6 Å². The van der Waals surface area contributed by atoms with E-state index in [0.29, 0.717) is 6.61 Å². The number of nitrogens with one attached hydrogen (secondary N) is 1. The van der Waals surface area contributed by atoms with Crippen LogP contribution in [0.2, 0.25) is 0 Å². The first-order valence-electron chi connectivity index (χ1n) is 5.77. The van der Waals surface area contributed by atoms with Gasteiger partial charge in [0.15, 0.2) is 0 Å². The molecule has 0 aliphatic carbocycles. The van der Waals surface area contributed by atoms with E-state index in [1.54, 1.807) is 0 Å². The van der Waals surface area contributed by atoms with Crippen LogP contribution in [0.15, 0.2) is 18.2 Å². The van der Waals surface area contributed by atoms with Gasteiger partial charge in [-0.3, -0.25) is 11.3 Å². The Kier molecular flexibility index (Phi) is 5.46. The summed E-state index contributed by atoms with van der Waals surface area (Å²) in [4.78, 5) is 0. The lowest BCUT2D eigenvalue weighted by Gasteiger charge is -2.16. The summed E-state index contributed by atoms with van der Waals surface area (Å²) in [6.07, 6.45) is 0.900. The second kappa shape index (κ2) is 6.63. The second-order valence-corrected chi connectivity index (χ2v) is 4.15. The van der Waals surface area contributed by atoms with Crippen LogP contribution in [0, 0.1) is 13.8 Å². The Morgan fingerprint density at radius 2 is 2.06 bits per heavy atom. The van der Waals surface area contributed by atoms with Gasteiger partial charge in [-0.15, -0.1) is 0 Å². The first-order chi connectivity index (χ1) is 7.67. The van der Waals surface area contributed by atoms with Gasteiger partial charge in [0.25, 0.3) is 0 Å². The van der Waals surface area contributed by atoms with Crippen molar-refractivity contribution in [3.05, 3.63) is 34.9 Å². The predicted molar refractivity (Wildman–Crippen MR) is 67.2 cm³/mol. The van der Waals surface area contributed by atoms with Crippen molar-refractivity contribution >= 4 is 0 Å². The van der Waals surface area contributed by atoms with Crippen LogP contribution in [0.4, 0.5) is 0 Å². The highest BCUT2D eigenvalue weighted by Crippen LogP contribution is 2.11. The largest absolute Gasteiger partial charge is 0.380 e. The van der Waals surface area contributed by atoms with Crippen molar-refractivity contribution in [3.8, 4) is 0 Å². The molecule has 0 aliphatic rings. The molecule has 0 fully saturated rings. The number of rotatable bonds is 6. The zero-order valence-corrected chi connectivity index (χ0v) is 10.4. The molecule has 0 radical (unpaired) electrons. The van der Waals surface area contributed by atoms with Crippen LogP contribution in [-0.4, -0.2) is 19.3 Å². The summed E-state index contributed by atoms with van der Waals surface area (Å²) in [5.41, 5.74) is 6.74. The number of hydrogen-bond donors (Lipinski definition) is 2. The van der Waals surface area contributed by atoms with E-state index in [1.807, 2.05) is 6.92 Å². The highest BCUT2D eigenvalue weighted by Gasteiger charge is 2.08. The average Bonchev–Trinajstić information content (AvgIpc) is 2.29. The lowest BCUT2D eigenvalue weighted by molar-refractivity contribution is 0.123. The molecule has 0 aliphatic heterocycles. The van der Waals surface area contributed by atoms with Crippen LogP contribution < -0.4 is 11.3 Å². The van der Waals surface area contributed by atoms with Crippen LogP contribution >= 0.6 is 0 Å². The fraction of sp³-hybridized carbons (Fsp3) is 0.538. The summed E-state index contributed by atoms with van der Waals surface area (Å²) in [6.45, 7) is 7.62. The van der Waals surface area contributed by atoms with Crippen molar-refractivity contribution in [2.24, 2.45) is 5.84 Å². The van der Waals surface area contributed by atoms with E-state index in [1.165, 1.54) is 16.7 Å². The molecule has 90 valence electrons. The SMILES string of the molecule is CCOCC(Cc1ccc(C)c(C)c1)NN. The molecule has 1 atom stereocenters. The molecule has 0 heterocycles. The molecule has 3 N–H and O–H groups in total. The van der Waals surface area contributed by atoms with Gasteiger partial charge in [0.05, 0.1) is 6.61 Å². The topological polar surface area (TPSA) is 47.3 Å². The van der Waals surface area contributed by atoms with Gasteiger partial charge < -0.3 is 4.74 Å². The first-order valence-corrected chi connectivity index (χ1v) is 5.77. The Morgan fingerprint density at radius 1 is 1.31 bits per heavy atom. The third-order valence-electron chi connectivity index (χ3n) is 2.81. The lowest BCUT2D eigenvalue weighted by Crippen LogP contribution is -2.40. The zero-order chi connectivity index (χ0) is 12.0. The number of aryl methyl sites for hydroxylation is 2. The van der Waals surface area contributed by atoms with Crippen molar-refractivity contribution < 1.29 is 4.74 Å². The molecule has 1 aromatic carbocycles. The van der Waals surface area contributed by atoms with Crippen LogP contribution in [-0.2, 0) is 11.2 Å². The molecule has 16 heavy (non-hydrogen) atoms. The van der Waals surface area contributed by atoms with Crippen LogP contribution in [0.25, 0.3) is 0 Å². The van der Waals surface area contributed by atoms with Gasteiger partial charge in [-0.25, -0.2) is 0 Å². The summed E-state index contributed by atoms with van der Waals surface area (Å²) in [6, 6.07) is 6.70. The van der Waals surface area contributed by atoms with E-state index < -0.39 is 0 Å². The zero-order valence-electron chi connectivity index (χ0n) is 10.4. The predicted octanol–water partition coefficient (Wildman–Crippen LogP) is 1.71. The van der Waals surface area contributed by atoms with Crippen molar-refractivity contribution in [2.45, 2.75) is 33.2 Å². The minimum absolute atomic E-state index is 0.182. The van der Waals surface area contributed by atoms with Gasteiger partial charge in [-0.1, -0.05) is 18.2 Å². The first kappa shape index (κ1) is 13.2. The number of hydrazine groups is 1. The van der Waals surface area contributed by atoms with Crippen LogP contribution in [0.5, 0.6) is 0 Å². The number of nitrogens with two attached hydrogens (primary N) is 1. The summed E-state index contributed by atoms with van der Waals surface area (Å²) < 4.78 is 5.37. The fourth-order valence-electron chi connectivity index (χ4n) is 1.64. The summed E-state index contributed by atoms with van der Waals surface area (Å²) in [5, 5.41) is 0. The Balaban J connectivity index is 2.59. The smallest absolute Gasteiger partial charge is 0.0636 e. The molecular weight excluding hydrogens is 200 g/mol. The van der Waals surface area contributed by atoms with Crippen molar-refractivity contribution in [1.82, 2.24) is 5.43 Å². The Morgan fingerprint density at radius 3 is 2.62 bits per heavy atom. The van der Waals surface area contributed by atoms with Crippen LogP contribution in [0.3, 0.4) is 0 Å². The maximum atomic E-state index is 5.50. The second-order valence-electron chi connectivity index (χ2n) is 4.15. The summed E-state index contributed by atoms with van der Waals surface area (Å²) in [7, 11) is 0. The fourth-order valence-corrected chi connectivity index (χ4v) is 1.64. The average molecular weight is 222 g/mol. The standard InChI is InChI=1S/C13H22N2O/c1-4-16-9-13(15-14)8-12-6-5-10(2)11(3)7-12/h5-7,13,15H,4,8-9,14H2,1-3H3. The lowest BCUT2D eigenvalue weighted by atomic mass is 10.0. The molecule has 0 amide bonds. The van der Waals surface area contributed by atoms with Crippen molar-refractivity contribution in [3.63, 3.8) is 0 Å². The van der Waals surface area contributed by atoms with Gasteiger partial charge in [0.2, 0.25) is 0 Å². The monoisotopic (exact) mass is 222 g/mol. The maximum absolute atomic E-state index is 5.50. The maximum Gasteiger partial charge on any atom is 0.0636 e. The Hall–Kier alpha value is -0.900. The summed E-state index contributed by atoms with van der Waals surface area (Å²) in [5.74, 6) is 5.50. The number of benzene rings is 1. The van der Waals surface area contributed by atoms with E-state index in [9.17, 15) is 0 Å². The Labute approximate surface area is 98.0 Å². The van der Waals surface area contributed by atoms with E-state index in [-0.39, 0.29) is 6.04 Å². The highest BCUT2D eigenvalue weighted by atomic mass is 16.5.